The Bertz CT molecular complexity index is 1070. The predicted molar refractivity (Wildman–Crippen MR) is 166 cm³/mol. The molecule has 1 saturated carbocycles. The molecule has 9 atom stereocenters. The standard InChI is InChI=1S/C32H53N5O5S/c1-31(2,3)42-30(40)34-24-14-26-33-25(17-43-26)20-12-19-8-6-10-36-16-21(22(13-20)27(19)36)15-32(4,5)18-41-29(39)23-9-7-11-37(35-23)28(24)38/h19-27,33,35H,6-18H2,1-5H3,(H,34,40)/t19?,20?,21?,22?,23-,24-,25?,26?,27?/m0/s1. The molecule has 242 valence electrons. The number of carbonyl (C=O) groups is 3. The van der Waals surface area contributed by atoms with Crippen molar-refractivity contribution < 1.29 is 23.9 Å². The van der Waals surface area contributed by atoms with Crippen LogP contribution in [0.1, 0.15) is 86.0 Å². The van der Waals surface area contributed by atoms with Crippen LogP contribution in [0.25, 0.3) is 0 Å². The van der Waals surface area contributed by atoms with Gasteiger partial charge in [-0.15, -0.1) is 11.8 Å². The lowest BCUT2D eigenvalue weighted by molar-refractivity contribution is -0.155. The fraction of sp³-hybridized carbons (Fsp3) is 0.906. The molecule has 6 rings (SSSR count). The van der Waals surface area contributed by atoms with Gasteiger partial charge in [-0.05, 0) is 101 Å². The SMILES string of the molecule is CC1(C)COC(=O)[C@@H]2CCCN(N2)C(=O)[C@@H](NC(=O)OC(C)(C)C)CC2NC(CS2)C2CC3CCCN4CC(C1)C(C2)C34. The third-order valence-electron chi connectivity index (χ3n) is 10.7. The van der Waals surface area contributed by atoms with Gasteiger partial charge in [-0.25, -0.2) is 10.2 Å². The Balaban J connectivity index is 1.26. The minimum atomic E-state index is -0.777. The third-order valence-corrected chi connectivity index (χ3v) is 11.9. The monoisotopic (exact) mass is 619 g/mol. The molecule has 2 amide bonds. The number of nitrogens with zero attached hydrogens (tertiary/aromatic N) is 2. The van der Waals surface area contributed by atoms with Crippen molar-refractivity contribution in [2.45, 2.75) is 121 Å². The van der Waals surface area contributed by atoms with Crippen LogP contribution in [0, 0.1) is 29.1 Å². The van der Waals surface area contributed by atoms with Crippen LogP contribution in [0.2, 0.25) is 0 Å². The van der Waals surface area contributed by atoms with Gasteiger partial charge in [0, 0.05) is 37.3 Å². The van der Waals surface area contributed by atoms with Crippen LogP contribution >= 0.6 is 11.8 Å². The van der Waals surface area contributed by atoms with Gasteiger partial charge in [-0.1, -0.05) is 13.8 Å². The number of hydrogen-bond acceptors (Lipinski definition) is 9. The molecule has 0 aromatic heterocycles. The molecule has 5 heterocycles. The summed E-state index contributed by atoms with van der Waals surface area (Å²) in [7, 11) is 0. The van der Waals surface area contributed by atoms with E-state index < -0.39 is 23.8 Å². The van der Waals surface area contributed by atoms with E-state index in [-0.39, 0.29) is 22.7 Å². The first kappa shape index (κ1) is 31.4. The summed E-state index contributed by atoms with van der Waals surface area (Å²) < 4.78 is 11.5. The van der Waals surface area contributed by atoms with Gasteiger partial charge in [-0.3, -0.25) is 19.5 Å². The summed E-state index contributed by atoms with van der Waals surface area (Å²) in [6.45, 7) is 13.2. The van der Waals surface area contributed by atoms with Crippen molar-refractivity contribution in [2.75, 3.05) is 32.0 Å². The Morgan fingerprint density at radius 3 is 2.65 bits per heavy atom. The zero-order valence-electron chi connectivity index (χ0n) is 26.7. The number of ether oxygens (including phenoxy) is 2. The molecular weight excluding hydrogens is 566 g/mol. The number of piperidine rings is 1. The van der Waals surface area contributed by atoms with Gasteiger partial charge in [0.1, 0.15) is 17.7 Å². The maximum Gasteiger partial charge on any atom is 0.408 e. The second kappa shape index (κ2) is 12.3. The first-order valence-electron chi connectivity index (χ1n) is 16.7. The van der Waals surface area contributed by atoms with E-state index in [2.05, 4.69) is 34.8 Å². The molecule has 6 bridgehead atoms. The zero-order valence-corrected chi connectivity index (χ0v) is 27.5. The number of rotatable bonds is 1. The van der Waals surface area contributed by atoms with Crippen LogP contribution in [-0.2, 0) is 19.1 Å². The van der Waals surface area contributed by atoms with Crippen molar-refractivity contribution in [3.05, 3.63) is 0 Å². The fourth-order valence-electron chi connectivity index (χ4n) is 8.98. The lowest BCUT2D eigenvalue weighted by atomic mass is 9.64. The fourth-order valence-corrected chi connectivity index (χ4v) is 10.4. The van der Waals surface area contributed by atoms with E-state index in [9.17, 15) is 14.4 Å². The molecule has 10 nitrogen and oxygen atoms in total. The normalized spacial score (nSPS) is 40.3. The molecule has 0 spiro atoms. The van der Waals surface area contributed by atoms with E-state index in [1.807, 2.05) is 32.5 Å². The van der Waals surface area contributed by atoms with E-state index in [0.717, 1.165) is 18.1 Å². The molecule has 6 fully saturated rings. The molecule has 6 aliphatic rings. The van der Waals surface area contributed by atoms with Crippen LogP contribution in [-0.4, -0.2) is 95.0 Å². The number of alkyl carbamates (subject to hydrolysis) is 1. The van der Waals surface area contributed by atoms with Gasteiger partial charge >= 0.3 is 12.1 Å². The second-order valence-corrected chi connectivity index (χ2v) is 17.1. The highest BCUT2D eigenvalue weighted by Gasteiger charge is 2.53. The number of hydrogen-bond donors (Lipinski definition) is 3. The molecular formula is C32H53N5O5S. The van der Waals surface area contributed by atoms with Gasteiger partial charge in [0.2, 0.25) is 0 Å². The largest absolute Gasteiger partial charge is 0.464 e. The highest BCUT2D eigenvalue weighted by atomic mass is 32.2. The van der Waals surface area contributed by atoms with Crippen LogP contribution in [0.5, 0.6) is 0 Å². The van der Waals surface area contributed by atoms with E-state index in [4.69, 9.17) is 9.47 Å². The van der Waals surface area contributed by atoms with Crippen LogP contribution in [0.4, 0.5) is 4.79 Å². The summed E-state index contributed by atoms with van der Waals surface area (Å²) in [5.41, 5.74) is 2.35. The van der Waals surface area contributed by atoms with Crippen molar-refractivity contribution in [3.8, 4) is 0 Å². The number of hydrazine groups is 1. The molecule has 43 heavy (non-hydrogen) atoms. The van der Waals surface area contributed by atoms with Crippen LogP contribution in [0.15, 0.2) is 0 Å². The topological polar surface area (TPSA) is 112 Å². The Morgan fingerprint density at radius 1 is 1.07 bits per heavy atom. The average Bonchev–Trinajstić information content (AvgIpc) is 3.55. The third kappa shape index (κ3) is 7.15. The molecule has 11 heteroatoms. The van der Waals surface area contributed by atoms with Crippen LogP contribution < -0.4 is 16.1 Å². The van der Waals surface area contributed by atoms with Gasteiger partial charge in [-0.2, -0.15) is 0 Å². The molecule has 0 aromatic rings. The van der Waals surface area contributed by atoms with Gasteiger partial charge in [0.15, 0.2) is 0 Å². The summed E-state index contributed by atoms with van der Waals surface area (Å²) in [6, 6.07) is -0.254. The Morgan fingerprint density at radius 2 is 1.86 bits per heavy atom. The smallest absolute Gasteiger partial charge is 0.408 e. The van der Waals surface area contributed by atoms with Crippen molar-refractivity contribution >= 4 is 29.7 Å². The highest BCUT2D eigenvalue weighted by Crippen LogP contribution is 2.52. The molecule has 5 saturated heterocycles. The summed E-state index contributed by atoms with van der Waals surface area (Å²) >= 11 is 1.87. The zero-order chi connectivity index (χ0) is 30.5. The van der Waals surface area contributed by atoms with Crippen molar-refractivity contribution in [3.63, 3.8) is 0 Å². The summed E-state index contributed by atoms with van der Waals surface area (Å²) in [4.78, 5) is 42.9. The van der Waals surface area contributed by atoms with Gasteiger partial charge in [0.05, 0.1) is 12.0 Å². The lowest BCUT2D eigenvalue weighted by Crippen LogP contribution is -2.61. The lowest BCUT2D eigenvalue weighted by Gasteiger charge is -2.47. The maximum absolute atomic E-state index is 13.9. The predicted octanol–water partition coefficient (Wildman–Crippen LogP) is 3.51. The number of nitrogens with one attached hydrogen (secondary N) is 3. The number of esters is 1. The Kier molecular flexibility index (Phi) is 9.01. The first-order valence-corrected chi connectivity index (χ1v) is 17.8. The molecule has 7 unspecified atom stereocenters. The Hall–Kier alpha value is -1.56. The number of thioether (sulfide) groups is 1. The molecule has 5 aliphatic heterocycles. The van der Waals surface area contributed by atoms with E-state index in [1.54, 1.807) is 0 Å². The number of cyclic esters (lactones) is 1. The minimum absolute atomic E-state index is 0.0530. The minimum Gasteiger partial charge on any atom is -0.464 e. The number of amides is 2. The molecule has 0 radical (unpaired) electrons. The Labute approximate surface area is 261 Å². The summed E-state index contributed by atoms with van der Waals surface area (Å²) in [6.07, 6.45) is 7.33. The van der Waals surface area contributed by atoms with Gasteiger partial charge in [0.25, 0.3) is 5.91 Å². The van der Waals surface area contributed by atoms with Crippen molar-refractivity contribution in [1.29, 1.82) is 0 Å². The highest BCUT2D eigenvalue weighted by molar-refractivity contribution is 8.00. The molecule has 0 aromatic carbocycles. The molecule has 3 N–H and O–H groups in total. The maximum atomic E-state index is 13.9. The van der Waals surface area contributed by atoms with E-state index in [0.29, 0.717) is 62.3 Å². The number of carbonyl (C=O) groups excluding carboxylic acids is 3. The average molecular weight is 620 g/mol. The van der Waals surface area contributed by atoms with E-state index >= 15 is 0 Å². The van der Waals surface area contributed by atoms with Crippen molar-refractivity contribution in [2.24, 2.45) is 29.1 Å². The van der Waals surface area contributed by atoms with E-state index in [1.165, 1.54) is 43.8 Å². The molecule has 1 aliphatic carbocycles. The second-order valence-electron chi connectivity index (χ2n) is 15.9. The van der Waals surface area contributed by atoms with Gasteiger partial charge < -0.3 is 20.1 Å². The first-order chi connectivity index (χ1) is 20.3. The quantitative estimate of drug-likeness (QED) is 0.380. The van der Waals surface area contributed by atoms with Crippen molar-refractivity contribution in [1.82, 2.24) is 26.0 Å². The summed E-state index contributed by atoms with van der Waals surface area (Å²) in [5, 5.41) is 8.36. The van der Waals surface area contributed by atoms with Crippen LogP contribution in [0.3, 0.4) is 0 Å². The summed E-state index contributed by atoms with van der Waals surface area (Å²) in [5.74, 6) is 3.14. The number of fused-ring (bicyclic) bond motifs is 6.